The van der Waals surface area contributed by atoms with Gasteiger partial charge in [-0.1, -0.05) is 19.9 Å². The molecule has 1 aromatic rings. The Morgan fingerprint density at radius 2 is 1.58 bits per heavy atom. The van der Waals surface area contributed by atoms with Crippen molar-refractivity contribution in [3.63, 3.8) is 0 Å². The van der Waals surface area contributed by atoms with Gasteiger partial charge in [-0.3, -0.25) is 0 Å². The quantitative estimate of drug-likeness (QED) is 0.847. The number of aliphatic hydroxyl groups excluding tert-OH is 1. The van der Waals surface area contributed by atoms with Crippen molar-refractivity contribution in [1.82, 2.24) is 0 Å². The molecule has 0 spiro atoms. The van der Waals surface area contributed by atoms with E-state index in [0.717, 1.165) is 12.1 Å². The molecule has 3 nitrogen and oxygen atoms in total. The Kier molecular flexibility index (Phi) is 2.93. The number of hydrogen-bond acceptors (Lipinski definition) is 3. The molecule has 1 aliphatic rings. The van der Waals surface area contributed by atoms with E-state index in [1.807, 2.05) is 0 Å². The van der Waals surface area contributed by atoms with Gasteiger partial charge in [0.2, 0.25) is 0 Å². The van der Waals surface area contributed by atoms with Crippen LogP contribution in [0, 0.1) is 0 Å². The highest BCUT2D eigenvalue weighted by molar-refractivity contribution is 5.46. The van der Waals surface area contributed by atoms with Gasteiger partial charge in [-0.15, -0.1) is 0 Å². The first kappa shape index (κ1) is 13.9. The van der Waals surface area contributed by atoms with E-state index in [9.17, 15) is 22.7 Å². The smallest absolute Gasteiger partial charge is 0.421 e. The molecule has 0 fully saturated rings. The predicted octanol–water partition coefficient (Wildman–Crippen LogP) is 2.91. The summed E-state index contributed by atoms with van der Waals surface area (Å²) in [4.78, 5) is 0. The van der Waals surface area contributed by atoms with Gasteiger partial charge in [0.1, 0.15) is 0 Å². The number of rotatable bonds is 2. The van der Waals surface area contributed by atoms with Gasteiger partial charge < -0.3 is 14.6 Å². The molecule has 0 saturated carbocycles. The molecule has 0 aromatic heterocycles. The molecular weight excluding hydrogens is 268 g/mol. The molecule has 0 saturated heterocycles. The molecule has 1 N–H and O–H groups in total. The number of ether oxygens (including phenoxy) is 2. The van der Waals surface area contributed by atoms with E-state index < -0.39 is 29.1 Å². The zero-order valence-corrected chi connectivity index (χ0v) is 10.2. The largest absolute Gasteiger partial charge is 0.507 e. The maximum absolute atomic E-state index is 13.0. The topological polar surface area (TPSA) is 38.7 Å². The highest BCUT2D eigenvalue weighted by Crippen LogP contribution is 2.47. The van der Waals surface area contributed by atoms with Crippen LogP contribution in [0.5, 0.6) is 11.5 Å². The number of fused-ring (bicyclic) bond motifs is 1. The fourth-order valence-corrected chi connectivity index (χ4v) is 1.58. The van der Waals surface area contributed by atoms with E-state index in [4.69, 9.17) is 0 Å². The van der Waals surface area contributed by atoms with Gasteiger partial charge in [0.05, 0.1) is 6.61 Å². The van der Waals surface area contributed by atoms with Crippen molar-refractivity contribution in [1.29, 1.82) is 0 Å². The van der Waals surface area contributed by atoms with Crippen LogP contribution in [-0.2, 0) is 5.41 Å². The Bertz CT molecular complexity index is 500. The summed E-state index contributed by atoms with van der Waals surface area (Å²) in [5.41, 5.74) is -0.244. The lowest BCUT2D eigenvalue weighted by Gasteiger charge is -2.33. The number of aliphatic hydroxyl groups is 1. The lowest BCUT2D eigenvalue weighted by atomic mass is 9.85. The van der Waals surface area contributed by atoms with E-state index in [1.165, 1.54) is 6.07 Å². The van der Waals surface area contributed by atoms with Gasteiger partial charge in [-0.25, -0.2) is 0 Å². The molecule has 2 rings (SSSR count). The normalized spacial score (nSPS) is 20.2. The van der Waals surface area contributed by atoms with Crippen molar-refractivity contribution < 1.29 is 32.1 Å². The van der Waals surface area contributed by atoms with Crippen LogP contribution < -0.4 is 9.47 Å². The second-order valence-electron chi connectivity index (χ2n) is 4.94. The van der Waals surface area contributed by atoms with E-state index >= 15 is 0 Å². The van der Waals surface area contributed by atoms with Crippen molar-refractivity contribution in [3.8, 4) is 11.5 Å². The molecule has 1 aliphatic heterocycles. The minimum absolute atomic E-state index is 0.237. The molecule has 1 aromatic carbocycles. The Balaban J connectivity index is 2.44. The Hall–Kier alpha value is -1.50. The Labute approximate surface area is 106 Å². The maximum Gasteiger partial charge on any atom is 0.507 e. The van der Waals surface area contributed by atoms with Crippen LogP contribution in [0.2, 0.25) is 0 Å². The highest BCUT2D eigenvalue weighted by Gasteiger charge is 2.65. The lowest BCUT2D eigenvalue weighted by molar-refractivity contribution is -0.391. The SMILES string of the molecule is CC(C)(CO)c1ccc2c(c1)OC(F)(F)C(F)(F)O2. The standard InChI is InChI=1S/C12H12F4O3/c1-10(2,6-17)7-3-4-8-9(5-7)19-12(15,16)11(13,14)18-8/h3-5,17H,6H2,1-2H3. The van der Waals surface area contributed by atoms with E-state index in [2.05, 4.69) is 9.47 Å². The first-order valence-electron chi connectivity index (χ1n) is 5.48. The molecule has 1 heterocycles. The van der Waals surface area contributed by atoms with E-state index in [1.54, 1.807) is 13.8 Å². The van der Waals surface area contributed by atoms with Gasteiger partial charge in [0.15, 0.2) is 11.5 Å². The summed E-state index contributed by atoms with van der Waals surface area (Å²) in [5.74, 6) is -0.941. The third-order valence-electron chi connectivity index (χ3n) is 2.94. The summed E-state index contributed by atoms with van der Waals surface area (Å²) in [6, 6.07) is 3.69. The zero-order chi connectivity index (χ0) is 14.5. The van der Waals surface area contributed by atoms with Gasteiger partial charge in [0, 0.05) is 5.41 Å². The third-order valence-corrected chi connectivity index (χ3v) is 2.94. The summed E-state index contributed by atoms with van der Waals surface area (Å²) < 4.78 is 59.9. The fourth-order valence-electron chi connectivity index (χ4n) is 1.58. The van der Waals surface area contributed by atoms with Crippen molar-refractivity contribution in [3.05, 3.63) is 23.8 Å². The third kappa shape index (κ3) is 2.22. The Morgan fingerprint density at radius 3 is 2.11 bits per heavy atom. The molecule has 7 heteroatoms. The van der Waals surface area contributed by atoms with Crippen molar-refractivity contribution in [2.45, 2.75) is 31.5 Å². The van der Waals surface area contributed by atoms with Gasteiger partial charge in [0.25, 0.3) is 0 Å². The summed E-state index contributed by atoms with van der Waals surface area (Å²) in [6.07, 6.45) is -9.45. The Morgan fingerprint density at radius 1 is 1.05 bits per heavy atom. The molecule has 0 aliphatic carbocycles. The van der Waals surface area contributed by atoms with Crippen molar-refractivity contribution >= 4 is 0 Å². The summed E-state index contributed by atoms with van der Waals surface area (Å²) in [5, 5.41) is 9.20. The number of hydrogen-bond donors (Lipinski definition) is 1. The van der Waals surface area contributed by atoms with Crippen LogP contribution in [0.1, 0.15) is 19.4 Å². The van der Waals surface area contributed by atoms with Crippen molar-refractivity contribution in [2.75, 3.05) is 6.61 Å². The van der Waals surface area contributed by atoms with Gasteiger partial charge in [-0.05, 0) is 17.7 Å². The molecular formula is C12H12F4O3. The van der Waals surface area contributed by atoms with Crippen molar-refractivity contribution in [2.24, 2.45) is 0 Å². The van der Waals surface area contributed by atoms with Crippen LogP contribution in [0.3, 0.4) is 0 Å². The molecule has 0 unspecified atom stereocenters. The highest BCUT2D eigenvalue weighted by atomic mass is 19.3. The minimum Gasteiger partial charge on any atom is -0.421 e. The van der Waals surface area contributed by atoms with E-state index in [-0.39, 0.29) is 6.61 Å². The lowest BCUT2D eigenvalue weighted by Crippen LogP contribution is -2.52. The molecule has 0 amide bonds. The van der Waals surface area contributed by atoms with Crippen LogP contribution >= 0.6 is 0 Å². The number of benzene rings is 1. The molecule has 0 bridgehead atoms. The average Bonchev–Trinajstić information content (AvgIpc) is 2.29. The summed E-state index contributed by atoms with van der Waals surface area (Å²) in [6.45, 7) is 3.11. The van der Waals surface area contributed by atoms with Gasteiger partial charge >= 0.3 is 12.2 Å². The van der Waals surface area contributed by atoms with Crippen LogP contribution in [0.25, 0.3) is 0 Å². The average molecular weight is 280 g/mol. The van der Waals surface area contributed by atoms with Crippen LogP contribution in [-0.4, -0.2) is 23.9 Å². The monoisotopic (exact) mass is 280 g/mol. The molecule has 0 atom stereocenters. The van der Waals surface area contributed by atoms with E-state index in [0.29, 0.717) is 5.56 Å². The van der Waals surface area contributed by atoms with Gasteiger partial charge in [-0.2, -0.15) is 17.6 Å². The van der Waals surface area contributed by atoms with Crippen LogP contribution in [0.15, 0.2) is 18.2 Å². The fraction of sp³-hybridized carbons (Fsp3) is 0.500. The minimum atomic E-state index is -4.73. The number of halogens is 4. The number of alkyl halides is 4. The first-order chi connectivity index (χ1) is 8.59. The molecule has 106 valence electrons. The zero-order valence-electron chi connectivity index (χ0n) is 10.2. The second kappa shape index (κ2) is 4.00. The molecule has 19 heavy (non-hydrogen) atoms. The molecule has 0 radical (unpaired) electrons. The van der Waals surface area contributed by atoms with Crippen LogP contribution in [0.4, 0.5) is 17.6 Å². The second-order valence-corrected chi connectivity index (χ2v) is 4.94. The predicted molar refractivity (Wildman–Crippen MR) is 57.7 cm³/mol. The maximum atomic E-state index is 13.0. The summed E-state index contributed by atoms with van der Waals surface area (Å²) >= 11 is 0. The summed E-state index contributed by atoms with van der Waals surface area (Å²) in [7, 11) is 0. The first-order valence-corrected chi connectivity index (χ1v) is 5.48.